The van der Waals surface area contributed by atoms with Crippen molar-refractivity contribution in [2.45, 2.75) is 38.6 Å². The van der Waals surface area contributed by atoms with Crippen molar-refractivity contribution in [3.8, 4) is 11.4 Å². The van der Waals surface area contributed by atoms with Crippen molar-refractivity contribution in [2.24, 2.45) is 0 Å². The monoisotopic (exact) mass is 283 g/mol. The number of aryl methyl sites for hydroxylation is 1. The van der Waals surface area contributed by atoms with E-state index in [1.807, 2.05) is 6.07 Å². The first-order chi connectivity index (χ1) is 10.2. The highest BCUT2D eigenvalue weighted by molar-refractivity contribution is 5.57. The topological polar surface area (TPSA) is 37.8 Å². The molecule has 0 saturated heterocycles. The third kappa shape index (κ3) is 2.33. The summed E-state index contributed by atoms with van der Waals surface area (Å²) in [5.74, 6) is 1.17. The highest BCUT2D eigenvalue weighted by Gasteiger charge is 2.30. The molecule has 0 bridgehead atoms. The van der Waals surface area contributed by atoms with E-state index >= 15 is 0 Å². The van der Waals surface area contributed by atoms with Crippen LogP contribution in [0.2, 0.25) is 0 Å². The van der Waals surface area contributed by atoms with Crippen LogP contribution in [0.15, 0.2) is 18.2 Å². The molecule has 1 aromatic carbocycles. The number of hydrogen-bond donors (Lipinski definition) is 1. The molecule has 2 aromatic rings. The maximum atomic E-state index is 13.5. The van der Waals surface area contributed by atoms with E-state index in [-0.39, 0.29) is 5.82 Å². The molecule has 21 heavy (non-hydrogen) atoms. The number of nitrogens with zero attached hydrogens (tertiary/aromatic N) is 2. The number of fused-ring (bicyclic) bond motifs is 1. The Morgan fingerprint density at radius 1 is 1.24 bits per heavy atom. The van der Waals surface area contributed by atoms with E-state index in [9.17, 15) is 4.39 Å². The van der Waals surface area contributed by atoms with Crippen molar-refractivity contribution < 1.29 is 4.39 Å². The van der Waals surface area contributed by atoms with Gasteiger partial charge >= 0.3 is 0 Å². The molecule has 4 rings (SSSR count). The lowest BCUT2D eigenvalue weighted by Crippen LogP contribution is -2.26. The first-order valence-electron chi connectivity index (χ1n) is 7.59. The molecule has 1 aromatic heterocycles. The van der Waals surface area contributed by atoms with E-state index < -0.39 is 0 Å². The van der Waals surface area contributed by atoms with Crippen molar-refractivity contribution >= 4 is 0 Å². The van der Waals surface area contributed by atoms with Gasteiger partial charge in [-0.25, -0.2) is 14.4 Å². The second-order valence-corrected chi connectivity index (χ2v) is 6.02. The van der Waals surface area contributed by atoms with E-state index in [0.717, 1.165) is 30.9 Å². The van der Waals surface area contributed by atoms with Gasteiger partial charge in [-0.2, -0.15) is 0 Å². The van der Waals surface area contributed by atoms with Crippen LogP contribution in [0.25, 0.3) is 11.4 Å². The van der Waals surface area contributed by atoms with Gasteiger partial charge in [0.25, 0.3) is 0 Å². The van der Waals surface area contributed by atoms with Crippen LogP contribution in [-0.4, -0.2) is 16.5 Å². The number of halogens is 1. The molecule has 0 amide bonds. The third-order valence-corrected chi connectivity index (χ3v) is 4.35. The Morgan fingerprint density at radius 2 is 2.10 bits per heavy atom. The molecule has 2 aliphatic rings. The van der Waals surface area contributed by atoms with E-state index in [1.54, 1.807) is 13.0 Å². The first kappa shape index (κ1) is 12.9. The van der Waals surface area contributed by atoms with Crippen molar-refractivity contribution in [3.63, 3.8) is 0 Å². The second-order valence-electron chi connectivity index (χ2n) is 6.02. The third-order valence-electron chi connectivity index (χ3n) is 4.35. The van der Waals surface area contributed by atoms with Crippen LogP contribution in [-0.2, 0) is 13.0 Å². The van der Waals surface area contributed by atoms with Gasteiger partial charge in [0.05, 0.1) is 11.4 Å². The Kier molecular flexibility index (Phi) is 3.00. The summed E-state index contributed by atoms with van der Waals surface area (Å²) in [4.78, 5) is 9.57. The maximum Gasteiger partial charge on any atom is 0.159 e. The summed E-state index contributed by atoms with van der Waals surface area (Å²) in [6.45, 7) is 3.63. The molecule has 0 spiro atoms. The lowest BCUT2D eigenvalue weighted by Gasteiger charge is -2.20. The van der Waals surface area contributed by atoms with Gasteiger partial charge in [0.15, 0.2) is 5.82 Å². The van der Waals surface area contributed by atoms with Gasteiger partial charge in [0.2, 0.25) is 0 Å². The minimum absolute atomic E-state index is 0.177. The summed E-state index contributed by atoms with van der Waals surface area (Å²) in [5.41, 5.74) is 5.23. The van der Waals surface area contributed by atoms with Crippen LogP contribution in [0.5, 0.6) is 0 Å². The predicted octanol–water partition coefficient (Wildman–Crippen LogP) is 3.11. The predicted molar refractivity (Wildman–Crippen MR) is 79.5 cm³/mol. The van der Waals surface area contributed by atoms with Gasteiger partial charge in [-0.3, -0.25) is 0 Å². The Labute approximate surface area is 123 Å². The molecule has 1 saturated carbocycles. The largest absolute Gasteiger partial charge is 0.312 e. The quantitative estimate of drug-likeness (QED) is 0.920. The molecule has 0 radical (unpaired) electrons. The van der Waals surface area contributed by atoms with Crippen LogP contribution in [0.4, 0.5) is 4.39 Å². The number of aromatic nitrogens is 2. The molecule has 0 unspecified atom stereocenters. The Morgan fingerprint density at radius 3 is 2.86 bits per heavy atom. The maximum absolute atomic E-state index is 13.5. The molecule has 108 valence electrons. The molecule has 4 heteroatoms. The van der Waals surface area contributed by atoms with E-state index in [4.69, 9.17) is 9.97 Å². The summed E-state index contributed by atoms with van der Waals surface area (Å²) in [7, 11) is 0. The molecule has 1 aliphatic carbocycles. The zero-order chi connectivity index (χ0) is 14.4. The van der Waals surface area contributed by atoms with Gasteiger partial charge in [0, 0.05) is 36.6 Å². The molecule has 2 heterocycles. The summed E-state index contributed by atoms with van der Waals surface area (Å²) in [6, 6.07) is 5.13. The van der Waals surface area contributed by atoms with Crippen LogP contribution in [0, 0.1) is 12.7 Å². The zero-order valence-electron chi connectivity index (χ0n) is 12.1. The van der Waals surface area contributed by atoms with Gasteiger partial charge < -0.3 is 5.32 Å². The lowest BCUT2D eigenvalue weighted by atomic mass is 10.0. The SMILES string of the molecule is Cc1cc(-c2nc3c(c(C4CC4)n2)CNCC3)ccc1F. The van der Waals surface area contributed by atoms with Crippen molar-refractivity contribution in [1.29, 1.82) is 0 Å². The Balaban J connectivity index is 1.85. The molecular weight excluding hydrogens is 265 g/mol. The van der Waals surface area contributed by atoms with Crippen LogP contribution >= 0.6 is 0 Å². The van der Waals surface area contributed by atoms with E-state index in [1.165, 1.54) is 35.9 Å². The van der Waals surface area contributed by atoms with Crippen molar-refractivity contribution in [2.75, 3.05) is 6.54 Å². The minimum Gasteiger partial charge on any atom is -0.312 e. The van der Waals surface area contributed by atoms with Crippen LogP contribution in [0.3, 0.4) is 0 Å². The zero-order valence-corrected chi connectivity index (χ0v) is 12.1. The highest BCUT2D eigenvalue weighted by Crippen LogP contribution is 2.42. The van der Waals surface area contributed by atoms with Gasteiger partial charge in [0.1, 0.15) is 5.82 Å². The van der Waals surface area contributed by atoms with E-state index in [0.29, 0.717) is 11.5 Å². The summed E-state index contributed by atoms with van der Waals surface area (Å²) >= 11 is 0. The summed E-state index contributed by atoms with van der Waals surface area (Å²) < 4.78 is 13.5. The van der Waals surface area contributed by atoms with E-state index in [2.05, 4.69) is 5.32 Å². The standard InChI is InChI=1S/C17H18FN3/c1-10-8-12(4-5-14(10)18)17-20-15-6-7-19-9-13(15)16(21-17)11-2-3-11/h4-5,8,11,19H,2-3,6-7,9H2,1H3. The Bertz CT molecular complexity index is 707. The molecule has 1 fully saturated rings. The fourth-order valence-corrected chi connectivity index (χ4v) is 2.98. The fraction of sp³-hybridized carbons (Fsp3) is 0.412. The molecule has 3 nitrogen and oxygen atoms in total. The van der Waals surface area contributed by atoms with Crippen molar-refractivity contribution in [3.05, 3.63) is 46.5 Å². The number of benzene rings is 1. The summed E-state index contributed by atoms with van der Waals surface area (Å²) in [6.07, 6.45) is 3.40. The number of hydrogen-bond acceptors (Lipinski definition) is 3. The Hall–Kier alpha value is -1.81. The first-order valence-corrected chi connectivity index (χ1v) is 7.59. The molecule has 0 atom stereocenters. The van der Waals surface area contributed by atoms with Crippen LogP contribution in [0.1, 0.15) is 41.3 Å². The van der Waals surface area contributed by atoms with Crippen LogP contribution < -0.4 is 5.32 Å². The molecular formula is C17H18FN3. The molecule has 1 N–H and O–H groups in total. The average Bonchev–Trinajstić information content (AvgIpc) is 3.33. The summed E-state index contributed by atoms with van der Waals surface area (Å²) in [5, 5.41) is 3.41. The van der Waals surface area contributed by atoms with Crippen molar-refractivity contribution in [1.82, 2.24) is 15.3 Å². The number of rotatable bonds is 2. The highest BCUT2D eigenvalue weighted by atomic mass is 19.1. The van der Waals surface area contributed by atoms with Gasteiger partial charge in [-0.05, 0) is 43.5 Å². The smallest absolute Gasteiger partial charge is 0.159 e. The normalized spacial score (nSPS) is 17.6. The molecule has 1 aliphatic heterocycles. The lowest BCUT2D eigenvalue weighted by molar-refractivity contribution is 0.616. The van der Waals surface area contributed by atoms with Gasteiger partial charge in [-0.1, -0.05) is 0 Å². The minimum atomic E-state index is -0.177. The van der Waals surface area contributed by atoms with Gasteiger partial charge in [-0.15, -0.1) is 0 Å². The average molecular weight is 283 g/mol. The fourth-order valence-electron chi connectivity index (χ4n) is 2.98. The second kappa shape index (κ2) is 4.88. The number of nitrogens with one attached hydrogen (secondary N) is 1.